The smallest absolute Gasteiger partial charge is 0.0543 e. The number of nitrogens with zero attached hydrogens (tertiary/aromatic N) is 1. The first-order valence-electron chi connectivity index (χ1n) is 6.32. The van der Waals surface area contributed by atoms with Gasteiger partial charge in [-0.1, -0.05) is 48.5 Å². The van der Waals surface area contributed by atoms with Gasteiger partial charge in [0, 0.05) is 12.2 Å². The Labute approximate surface area is 103 Å². The van der Waals surface area contributed by atoms with Gasteiger partial charge in [-0.2, -0.15) is 0 Å². The molecule has 3 rings (SSSR count). The minimum Gasteiger partial charge on any atom is -0.364 e. The van der Waals surface area contributed by atoms with E-state index >= 15 is 0 Å². The van der Waals surface area contributed by atoms with Crippen LogP contribution >= 0.6 is 0 Å². The SMILES string of the molecule is c1ccc([C@H]2CCCN2c2ccccc2)cc1. The molecule has 0 radical (unpaired) electrons. The molecule has 1 atom stereocenters. The van der Waals surface area contributed by atoms with Gasteiger partial charge in [0.15, 0.2) is 0 Å². The third kappa shape index (κ3) is 2.05. The number of hydrogen-bond donors (Lipinski definition) is 0. The molecule has 1 nitrogen and oxygen atoms in total. The van der Waals surface area contributed by atoms with Gasteiger partial charge in [-0.3, -0.25) is 0 Å². The van der Waals surface area contributed by atoms with Gasteiger partial charge >= 0.3 is 0 Å². The molecule has 1 saturated heterocycles. The quantitative estimate of drug-likeness (QED) is 0.743. The number of benzene rings is 2. The zero-order chi connectivity index (χ0) is 11.5. The number of para-hydroxylation sites is 1. The van der Waals surface area contributed by atoms with Crippen molar-refractivity contribution in [2.24, 2.45) is 0 Å². The molecule has 0 saturated carbocycles. The summed E-state index contributed by atoms with van der Waals surface area (Å²) in [5.74, 6) is 0. The van der Waals surface area contributed by atoms with Gasteiger partial charge in [-0.25, -0.2) is 0 Å². The molecule has 0 N–H and O–H groups in total. The Hall–Kier alpha value is -1.76. The Morgan fingerprint density at radius 1 is 0.824 bits per heavy atom. The molecule has 0 spiro atoms. The third-order valence-electron chi connectivity index (χ3n) is 3.52. The molecule has 1 aliphatic heterocycles. The van der Waals surface area contributed by atoms with Gasteiger partial charge in [-0.05, 0) is 30.5 Å². The minimum atomic E-state index is 0.554. The van der Waals surface area contributed by atoms with E-state index < -0.39 is 0 Å². The first-order chi connectivity index (χ1) is 8.45. The van der Waals surface area contributed by atoms with Crippen molar-refractivity contribution in [2.45, 2.75) is 18.9 Å². The normalized spacial score (nSPS) is 19.5. The Bertz CT molecular complexity index is 418. The predicted molar refractivity (Wildman–Crippen MR) is 72.2 cm³/mol. The summed E-state index contributed by atoms with van der Waals surface area (Å²) in [5.41, 5.74) is 2.78. The van der Waals surface area contributed by atoms with E-state index in [2.05, 4.69) is 65.6 Å². The summed E-state index contributed by atoms with van der Waals surface area (Å²) >= 11 is 0. The molecule has 0 amide bonds. The Morgan fingerprint density at radius 2 is 1.47 bits per heavy atom. The van der Waals surface area contributed by atoms with E-state index in [0.717, 1.165) is 0 Å². The van der Waals surface area contributed by atoms with Crippen molar-refractivity contribution in [1.29, 1.82) is 0 Å². The highest BCUT2D eigenvalue weighted by Crippen LogP contribution is 2.35. The minimum absolute atomic E-state index is 0.554. The summed E-state index contributed by atoms with van der Waals surface area (Å²) in [6.07, 6.45) is 2.55. The van der Waals surface area contributed by atoms with Crippen LogP contribution in [0.1, 0.15) is 24.4 Å². The monoisotopic (exact) mass is 223 g/mol. The Kier molecular flexibility index (Phi) is 2.83. The summed E-state index contributed by atoms with van der Waals surface area (Å²) in [4.78, 5) is 2.52. The highest BCUT2D eigenvalue weighted by Gasteiger charge is 2.25. The van der Waals surface area contributed by atoms with Crippen LogP contribution in [0.4, 0.5) is 5.69 Å². The van der Waals surface area contributed by atoms with Gasteiger partial charge in [-0.15, -0.1) is 0 Å². The van der Waals surface area contributed by atoms with Crippen molar-refractivity contribution in [3.8, 4) is 0 Å². The Morgan fingerprint density at radius 3 is 2.18 bits per heavy atom. The van der Waals surface area contributed by atoms with Crippen LogP contribution in [0, 0.1) is 0 Å². The molecule has 1 fully saturated rings. The highest BCUT2D eigenvalue weighted by atomic mass is 15.2. The molecule has 2 aromatic carbocycles. The van der Waals surface area contributed by atoms with E-state index in [1.807, 2.05) is 0 Å². The van der Waals surface area contributed by atoms with E-state index in [1.165, 1.54) is 30.6 Å². The number of rotatable bonds is 2. The maximum absolute atomic E-state index is 2.52. The second-order valence-electron chi connectivity index (χ2n) is 4.60. The van der Waals surface area contributed by atoms with Crippen LogP contribution in [-0.4, -0.2) is 6.54 Å². The molecule has 1 heterocycles. The standard InChI is InChI=1S/C16H17N/c1-3-8-14(9-4-1)16-12-7-13-17(16)15-10-5-2-6-11-15/h1-6,8-11,16H,7,12-13H2/t16-/m1/s1. The Balaban J connectivity index is 1.91. The second-order valence-corrected chi connectivity index (χ2v) is 4.60. The molecular weight excluding hydrogens is 206 g/mol. The van der Waals surface area contributed by atoms with Crippen LogP contribution in [0.25, 0.3) is 0 Å². The van der Waals surface area contributed by atoms with Crippen molar-refractivity contribution in [1.82, 2.24) is 0 Å². The molecular formula is C16H17N. The van der Waals surface area contributed by atoms with Gasteiger partial charge in [0.2, 0.25) is 0 Å². The summed E-state index contributed by atoms with van der Waals surface area (Å²) in [6, 6.07) is 22.1. The molecule has 0 aliphatic carbocycles. The van der Waals surface area contributed by atoms with Crippen LogP contribution < -0.4 is 4.90 Å². The summed E-state index contributed by atoms with van der Waals surface area (Å²) < 4.78 is 0. The first kappa shape index (κ1) is 10.4. The van der Waals surface area contributed by atoms with Crippen molar-refractivity contribution in [3.63, 3.8) is 0 Å². The van der Waals surface area contributed by atoms with Crippen molar-refractivity contribution < 1.29 is 0 Å². The highest BCUT2D eigenvalue weighted by molar-refractivity contribution is 5.49. The number of anilines is 1. The van der Waals surface area contributed by atoms with Crippen molar-refractivity contribution in [3.05, 3.63) is 66.2 Å². The van der Waals surface area contributed by atoms with E-state index in [1.54, 1.807) is 0 Å². The fourth-order valence-electron chi connectivity index (χ4n) is 2.72. The lowest BCUT2D eigenvalue weighted by atomic mass is 10.0. The van der Waals surface area contributed by atoms with Crippen LogP contribution in [0.2, 0.25) is 0 Å². The lowest BCUT2D eigenvalue weighted by Gasteiger charge is -2.27. The van der Waals surface area contributed by atoms with E-state index in [-0.39, 0.29) is 0 Å². The van der Waals surface area contributed by atoms with Gasteiger partial charge < -0.3 is 4.90 Å². The molecule has 1 heteroatoms. The first-order valence-corrected chi connectivity index (χ1v) is 6.32. The van der Waals surface area contributed by atoms with E-state index in [9.17, 15) is 0 Å². The van der Waals surface area contributed by atoms with Gasteiger partial charge in [0.25, 0.3) is 0 Å². The average Bonchev–Trinajstić information content (AvgIpc) is 2.90. The number of hydrogen-bond acceptors (Lipinski definition) is 1. The van der Waals surface area contributed by atoms with Crippen molar-refractivity contribution in [2.75, 3.05) is 11.4 Å². The van der Waals surface area contributed by atoms with Gasteiger partial charge in [0.1, 0.15) is 0 Å². The van der Waals surface area contributed by atoms with Crippen LogP contribution in [-0.2, 0) is 0 Å². The maximum Gasteiger partial charge on any atom is 0.0543 e. The fraction of sp³-hybridized carbons (Fsp3) is 0.250. The third-order valence-corrected chi connectivity index (χ3v) is 3.52. The summed E-state index contributed by atoms with van der Waals surface area (Å²) in [6.45, 7) is 1.17. The molecule has 0 unspecified atom stereocenters. The zero-order valence-corrected chi connectivity index (χ0v) is 9.92. The molecule has 86 valence electrons. The van der Waals surface area contributed by atoms with Gasteiger partial charge in [0.05, 0.1) is 6.04 Å². The molecule has 2 aromatic rings. The average molecular weight is 223 g/mol. The summed E-state index contributed by atoms with van der Waals surface area (Å²) in [5, 5.41) is 0. The maximum atomic E-state index is 2.52. The van der Waals surface area contributed by atoms with E-state index in [0.29, 0.717) is 6.04 Å². The predicted octanol–water partition coefficient (Wildman–Crippen LogP) is 4.03. The lowest BCUT2D eigenvalue weighted by molar-refractivity contribution is 0.719. The van der Waals surface area contributed by atoms with E-state index in [4.69, 9.17) is 0 Å². The molecule has 1 aliphatic rings. The lowest BCUT2D eigenvalue weighted by Crippen LogP contribution is -2.22. The van der Waals surface area contributed by atoms with Crippen LogP contribution in [0.5, 0.6) is 0 Å². The zero-order valence-electron chi connectivity index (χ0n) is 9.92. The van der Waals surface area contributed by atoms with Crippen LogP contribution in [0.3, 0.4) is 0 Å². The topological polar surface area (TPSA) is 3.24 Å². The molecule has 17 heavy (non-hydrogen) atoms. The largest absolute Gasteiger partial charge is 0.364 e. The second kappa shape index (κ2) is 4.62. The fourth-order valence-corrected chi connectivity index (χ4v) is 2.72. The summed E-state index contributed by atoms with van der Waals surface area (Å²) in [7, 11) is 0. The molecule has 0 bridgehead atoms. The van der Waals surface area contributed by atoms with Crippen molar-refractivity contribution >= 4 is 5.69 Å². The van der Waals surface area contributed by atoms with Crippen LogP contribution in [0.15, 0.2) is 60.7 Å². The molecule has 0 aromatic heterocycles.